The molecule has 7 nitrogen and oxygen atoms in total. The Morgan fingerprint density at radius 1 is 1.14 bits per heavy atom. The summed E-state index contributed by atoms with van der Waals surface area (Å²) < 4.78 is 0. The lowest BCUT2D eigenvalue weighted by Crippen LogP contribution is -2.30. The van der Waals surface area contributed by atoms with Gasteiger partial charge < -0.3 is 15.2 Å². The van der Waals surface area contributed by atoms with Gasteiger partial charge in [-0.3, -0.25) is 14.5 Å². The number of aromatic carboxylic acids is 1. The van der Waals surface area contributed by atoms with E-state index < -0.39 is 11.2 Å². The Bertz CT molecular complexity index is 1000. The Labute approximate surface area is 172 Å². The molecule has 0 bridgehead atoms. The van der Waals surface area contributed by atoms with E-state index in [2.05, 4.69) is 10.3 Å². The molecular formula is C21H20N3O4S-. The van der Waals surface area contributed by atoms with Crippen molar-refractivity contribution in [3.05, 3.63) is 59.2 Å². The number of carboxylic acid groups (broad SMARTS) is 1. The zero-order valence-corrected chi connectivity index (χ0v) is 17.1. The maximum Gasteiger partial charge on any atom is 0.242 e. The molecule has 0 saturated carbocycles. The molecule has 8 heteroatoms. The average Bonchev–Trinajstić information content (AvgIpc) is 2.93. The van der Waals surface area contributed by atoms with Crippen molar-refractivity contribution < 1.29 is 19.5 Å². The Balaban J connectivity index is 1.65. The number of rotatable bonds is 5. The number of carbonyl (C=O) groups is 3. The van der Waals surface area contributed by atoms with Crippen LogP contribution in [0.25, 0.3) is 0 Å². The van der Waals surface area contributed by atoms with Gasteiger partial charge in [0.15, 0.2) is 5.17 Å². The number of hydrogen-bond donors (Lipinski definition) is 1. The molecule has 29 heavy (non-hydrogen) atoms. The first-order valence-corrected chi connectivity index (χ1v) is 9.84. The van der Waals surface area contributed by atoms with Gasteiger partial charge in [-0.15, -0.1) is 0 Å². The van der Waals surface area contributed by atoms with Gasteiger partial charge in [-0.05, 0) is 54.8 Å². The predicted molar refractivity (Wildman–Crippen MR) is 111 cm³/mol. The Kier molecular flexibility index (Phi) is 6.03. The molecule has 0 radical (unpaired) electrons. The number of aliphatic imine (C=N–C) groups is 1. The number of carboxylic acids is 1. The highest BCUT2D eigenvalue weighted by molar-refractivity contribution is 8.15. The van der Waals surface area contributed by atoms with E-state index in [1.165, 1.54) is 46.5 Å². The molecule has 1 heterocycles. The third-order valence-electron chi connectivity index (χ3n) is 4.63. The van der Waals surface area contributed by atoms with E-state index in [1.807, 2.05) is 32.0 Å². The number of nitrogens with one attached hydrogen (secondary N) is 1. The zero-order valence-electron chi connectivity index (χ0n) is 16.3. The number of hydrogen-bond acceptors (Lipinski definition) is 6. The normalized spacial score (nSPS) is 17.6. The highest BCUT2D eigenvalue weighted by Crippen LogP contribution is 2.31. The molecule has 3 rings (SSSR count). The van der Waals surface area contributed by atoms with Crippen molar-refractivity contribution in [1.82, 2.24) is 4.90 Å². The van der Waals surface area contributed by atoms with Crippen molar-refractivity contribution in [3.8, 4) is 0 Å². The van der Waals surface area contributed by atoms with Crippen molar-refractivity contribution in [2.45, 2.75) is 25.5 Å². The Morgan fingerprint density at radius 3 is 2.45 bits per heavy atom. The topological polar surface area (TPSA) is 102 Å². The maximum atomic E-state index is 12.5. The fraction of sp³-hybridized carbons (Fsp3) is 0.238. The van der Waals surface area contributed by atoms with Crippen LogP contribution in [-0.2, 0) is 9.59 Å². The standard InChI is InChI=1S/C21H21N3O4S/c1-12-4-7-16(10-13(12)2)23-21-24(3)19(26)17(29-21)11-18(25)22-15-8-5-14(6-9-15)20(27)28/h4-10,17H,11H2,1-3H3,(H,22,25)(H,27,28)/p-1/t17-/m1/s1. The van der Waals surface area contributed by atoms with Gasteiger partial charge in [-0.1, -0.05) is 30.0 Å². The lowest BCUT2D eigenvalue weighted by Gasteiger charge is -2.10. The number of thioether (sulfide) groups is 1. The van der Waals surface area contributed by atoms with Gasteiger partial charge in [0.2, 0.25) is 11.8 Å². The fourth-order valence-corrected chi connectivity index (χ4v) is 3.93. The minimum atomic E-state index is -1.28. The second-order valence-corrected chi connectivity index (χ2v) is 7.95. The number of anilines is 1. The lowest BCUT2D eigenvalue weighted by atomic mass is 10.1. The number of amidine groups is 1. The van der Waals surface area contributed by atoms with Crippen molar-refractivity contribution in [3.63, 3.8) is 0 Å². The van der Waals surface area contributed by atoms with E-state index in [9.17, 15) is 19.5 Å². The lowest BCUT2D eigenvalue weighted by molar-refractivity contribution is -0.255. The van der Waals surface area contributed by atoms with E-state index in [4.69, 9.17) is 0 Å². The second kappa shape index (κ2) is 8.48. The first kappa shape index (κ1) is 20.6. The largest absolute Gasteiger partial charge is 0.545 e. The average molecular weight is 410 g/mol. The van der Waals surface area contributed by atoms with E-state index >= 15 is 0 Å². The maximum absolute atomic E-state index is 12.5. The monoisotopic (exact) mass is 410 g/mol. The van der Waals surface area contributed by atoms with Crippen molar-refractivity contribution in [2.24, 2.45) is 4.99 Å². The summed E-state index contributed by atoms with van der Waals surface area (Å²) in [5.41, 5.74) is 3.52. The molecule has 150 valence electrons. The molecule has 1 saturated heterocycles. The molecule has 2 aromatic carbocycles. The van der Waals surface area contributed by atoms with E-state index in [1.54, 1.807) is 7.05 Å². The number of aryl methyl sites for hydroxylation is 2. The number of amides is 2. The SMILES string of the molecule is Cc1ccc(N=C2S[C@H](CC(=O)Nc3ccc(C(=O)[O-])cc3)C(=O)N2C)cc1C. The molecule has 1 N–H and O–H groups in total. The second-order valence-electron chi connectivity index (χ2n) is 6.78. The molecule has 0 aromatic heterocycles. The first-order chi connectivity index (χ1) is 13.7. The highest BCUT2D eigenvalue weighted by atomic mass is 32.2. The van der Waals surface area contributed by atoms with Gasteiger partial charge >= 0.3 is 0 Å². The van der Waals surface area contributed by atoms with Crippen LogP contribution in [0, 0.1) is 13.8 Å². The first-order valence-electron chi connectivity index (χ1n) is 8.96. The van der Waals surface area contributed by atoms with Crippen LogP contribution in [0.5, 0.6) is 0 Å². The smallest absolute Gasteiger partial charge is 0.242 e. The van der Waals surface area contributed by atoms with E-state index in [-0.39, 0.29) is 23.8 Å². The van der Waals surface area contributed by atoms with Crippen molar-refractivity contribution in [2.75, 3.05) is 12.4 Å². The van der Waals surface area contributed by atoms with Crippen LogP contribution in [0.4, 0.5) is 11.4 Å². The molecule has 1 atom stereocenters. The summed E-state index contributed by atoms with van der Waals surface area (Å²) in [5, 5.41) is 13.4. The molecule has 1 aliphatic rings. The number of carbonyl (C=O) groups excluding carboxylic acids is 3. The van der Waals surface area contributed by atoms with Crippen LogP contribution in [0.2, 0.25) is 0 Å². The summed E-state index contributed by atoms with van der Waals surface area (Å²) in [7, 11) is 1.64. The number of benzene rings is 2. The Hall–Kier alpha value is -3.13. The summed E-state index contributed by atoms with van der Waals surface area (Å²) in [5.74, 6) is -1.80. The van der Waals surface area contributed by atoms with Gasteiger partial charge in [0, 0.05) is 19.2 Å². The predicted octanol–water partition coefficient (Wildman–Crippen LogP) is 2.26. The van der Waals surface area contributed by atoms with Crippen molar-refractivity contribution >= 4 is 46.1 Å². The minimum Gasteiger partial charge on any atom is -0.545 e. The molecule has 2 amide bonds. The van der Waals surface area contributed by atoms with Crippen LogP contribution in [0.1, 0.15) is 27.9 Å². The quantitative estimate of drug-likeness (QED) is 0.815. The summed E-state index contributed by atoms with van der Waals surface area (Å²) in [6, 6.07) is 11.5. The van der Waals surface area contributed by atoms with Gasteiger partial charge in [-0.25, -0.2) is 4.99 Å². The fourth-order valence-electron chi connectivity index (χ4n) is 2.77. The highest BCUT2D eigenvalue weighted by Gasteiger charge is 2.37. The van der Waals surface area contributed by atoms with Crippen LogP contribution >= 0.6 is 11.8 Å². The molecular weight excluding hydrogens is 390 g/mol. The molecule has 0 spiro atoms. The minimum absolute atomic E-state index is 0.0119. The van der Waals surface area contributed by atoms with E-state index in [0.717, 1.165) is 11.3 Å². The van der Waals surface area contributed by atoms with Crippen LogP contribution in [0.15, 0.2) is 47.5 Å². The Morgan fingerprint density at radius 2 is 1.83 bits per heavy atom. The van der Waals surface area contributed by atoms with E-state index in [0.29, 0.717) is 10.9 Å². The zero-order chi connectivity index (χ0) is 21.1. The third kappa shape index (κ3) is 4.83. The van der Waals surface area contributed by atoms with Crippen molar-refractivity contribution in [1.29, 1.82) is 0 Å². The molecule has 1 aliphatic heterocycles. The molecule has 2 aromatic rings. The summed E-state index contributed by atoms with van der Waals surface area (Å²) in [6.07, 6.45) is -0.0119. The van der Waals surface area contributed by atoms with Gasteiger partial charge in [-0.2, -0.15) is 0 Å². The van der Waals surface area contributed by atoms with Gasteiger partial charge in [0.05, 0.1) is 11.7 Å². The molecule has 0 aliphatic carbocycles. The van der Waals surface area contributed by atoms with Crippen LogP contribution in [-0.4, -0.2) is 40.1 Å². The summed E-state index contributed by atoms with van der Waals surface area (Å²) in [6.45, 7) is 4.02. The summed E-state index contributed by atoms with van der Waals surface area (Å²) in [4.78, 5) is 41.6. The molecule has 1 fully saturated rings. The van der Waals surface area contributed by atoms with Crippen LogP contribution in [0.3, 0.4) is 0 Å². The number of nitrogens with zero attached hydrogens (tertiary/aromatic N) is 2. The molecule has 0 unspecified atom stereocenters. The van der Waals surface area contributed by atoms with Gasteiger partial charge in [0.25, 0.3) is 0 Å². The van der Waals surface area contributed by atoms with Gasteiger partial charge in [0.1, 0.15) is 5.25 Å². The third-order valence-corrected chi connectivity index (χ3v) is 5.86. The van der Waals surface area contributed by atoms with Crippen LogP contribution < -0.4 is 10.4 Å². The summed E-state index contributed by atoms with van der Waals surface area (Å²) >= 11 is 1.26.